The van der Waals surface area contributed by atoms with Crippen LogP contribution in [0, 0.1) is 5.21 Å². The molecule has 0 aliphatic heterocycles. The summed E-state index contributed by atoms with van der Waals surface area (Å²) in [6.45, 7) is 0.653. The van der Waals surface area contributed by atoms with Gasteiger partial charge in [0.2, 0.25) is 0 Å². The summed E-state index contributed by atoms with van der Waals surface area (Å²) in [7, 11) is 1.38. The quantitative estimate of drug-likeness (QED) is 0.0530. The molecule has 0 spiro atoms. The predicted octanol–water partition coefficient (Wildman–Crippen LogP) is 3.90. The Hall–Kier alpha value is -5.23. The van der Waals surface area contributed by atoms with Crippen molar-refractivity contribution in [2.24, 2.45) is 0 Å². The predicted molar refractivity (Wildman–Crippen MR) is 150 cm³/mol. The molecule has 2 aromatic carbocycles. The smallest absolute Gasteiger partial charge is 0.306 e. The summed E-state index contributed by atoms with van der Waals surface area (Å²) in [6, 6.07) is 16.5. The Morgan fingerprint density at radius 1 is 0.929 bits per heavy atom. The van der Waals surface area contributed by atoms with Gasteiger partial charge in [-0.15, -0.1) is 0 Å². The first-order chi connectivity index (χ1) is 20.3. The molecule has 0 bridgehead atoms. The van der Waals surface area contributed by atoms with Crippen LogP contribution in [0.2, 0.25) is 0 Å². The van der Waals surface area contributed by atoms with E-state index in [0.29, 0.717) is 46.7 Å². The number of hydrogen-bond donors (Lipinski definition) is 3. The van der Waals surface area contributed by atoms with Crippen molar-refractivity contribution in [3.63, 3.8) is 0 Å². The number of unbranched alkanes of at least 4 members (excludes halogenated alkanes) is 1. The van der Waals surface area contributed by atoms with E-state index in [1.165, 1.54) is 25.6 Å². The zero-order chi connectivity index (χ0) is 30.1. The van der Waals surface area contributed by atoms with Crippen LogP contribution >= 0.6 is 0 Å². The molecular weight excluding hydrogens is 546 g/mol. The van der Waals surface area contributed by atoms with Gasteiger partial charge in [-0.05, 0) is 36.1 Å². The Balaban J connectivity index is 1.40. The number of carbonyl (C=O) groups is 3. The van der Waals surface area contributed by atoms with Gasteiger partial charge in [-0.25, -0.2) is 10.5 Å². The summed E-state index contributed by atoms with van der Waals surface area (Å²) in [4.78, 5) is 39.0. The SMILES string of the molecule is COc1c(-c2ccc(-c3ccc(OCCCCOC(=O)CCC(=O)O)cc3)cc2)nc2cc[n+]([O-])cc2c1C(=O)NO. The van der Waals surface area contributed by atoms with E-state index in [4.69, 9.17) is 19.3 Å². The van der Waals surface area contributed by atoms with Crippen LogP contribution in [0.4, 0.5) is 0 Å². The number of hydroxylamine groups is 1. The van der Waals surface area contributed by atoms with Crippen molar-refractivity contribution < 1.29 is 43.6 Å². The summed E-state index contributed by atoms with van der Waals surface area (Å²) in [6.07, 6.45) is 3.36. The van der Waals surface area contributed by atoms with Crippen molar-refractivity contribution in [2.75, 3.05) is 20.3 Å². The van der Waals surface area contributed by atoms with Crippen molar-refractivity contribution in [1.29, 1.82) is 0 Å². The molecule has 0 aliphatic carbocycles. The van der Waals surface area contributed by atoms with Crippen molar-refractivity contribution in [3.8, 4) is 33.9 Å². The maximum absolute atomic E-state index is 12.5. The molecule has 12 nitrogen and oxygen atoms in total. The van der Waals surface area contributed by atoms with E-state index in [0.717, 1.165) is 11.1 Å². The summed E-state index contributed by atoms with van der Waals surface area (Å²) in [5.74, 6) is -1.58. The van der Waals surface area contributed by atoms with E-state index < -0.39 is 17.8 Å². The van der Waals surface area contributed by atoms with E-state index in [9.17, 15) is 24.8 Å². The molecule has 0 unspecified atom stereocenters. The topological polar surface area (TPSA) is 171 Å². The second kappa shape index (κ2) is 13.9. The molecule has 4 rings (SSSR count). The van der Waals surface area contributed by atoms with Crippen molar-refractivity contribution in [3.05, 3.63) is 77.8 Å². The number of fused-ring (bicyclic) bond motifs is 1. The third-order valence-electron chi connectivity index (χ3n) is 6.35. The highest BCUT2D eigenvalue weighted by Gasteiger charge is 2.24. The van der Waals surface area contributed by atoms with Crippen LogP contribution in [-0.2, 0) is 14.3 Å². The number of aliphatic carboxylic acids is 1. The van der Waals surface area contributed by atoms with Gasteiger partial charge in [0.15, 0.2) is 18.1 Å². The largest absolute Gasteiger partial charge is 0.619 e. The first-order valence-electron chi connectivity index (χ1n) is 13.1. The normalized spacial score (nSPS) is 10.7. The van der Waals surface area contributed by atoms with Crippen LogP contribution in [-0.4, -0.2) is 53.5 Å². The fourth-order valence-corrected chi connectivity index (χ4v) is 4.27. The standard InChI is InChI=1S/C30H29N3O9/c1-40-29-27(30(37)32-38)23-18-33(39)15-14-24(23)31-28(29)21-6-4-19(5-7-21)20-8-10-22(11-9-20)41-16-2-3-17-42-26(36)13-12-25(34)35/h4-11,14-15,18,38H,2-3,12-13,16-17H2,1H3,(H,32,37)(H,34,35). The minimum Gasteiger partial charge on any atom is -0.619 e. The Morgan fingerprint density at radius 2 is 1.57 bits per heavy atom. The number of nitrogens with one attached hydrogen (secondary N) is 1. The molecule has 1 amide bonds. The molecule has 12 heteroatoms. The number of carboxylic acids is 1. The molecule has 0 saturated carbocycles. The lowest BCUT2D eigenvalue weighted by Gasteiger charge is -2.15. The molecule has 2 aromatic heterocycles. The fourth-order valence-electron chi connectivity index (χ4n) is 4.27. The molecule has 42 heavy (non-hydrogen) atoms. The summed E-state index contributed by atoms with van der Waals surface area (Å²) < 4.78 is 16.8. The second-order valence-corrected chi connectivity index (χ2v) is 9.18. The van der Waals surface area contributed by atoms with E-state index in [-0.39, 0.29) is 36.1 Å². The third kappa shape index (κ3) is 7.29. The lowest BCUT2D eigenvalue weighted by molar-refractivity contribution is -0.603. The van der Waals surface area contributed by atoms with Gasteiger partial charge >= 0.3 is 11.9 Å². The maximum Gasteiger partial charge on any atom is 0.306 e. The molecule has 0 aliphatic rings. The summed E-state index contributed by atoms with van der Waals surface area (Å²) in [5, 5.41) is 30.0. The number of rotatable bonds is 13. The number of aromatic nitrogens is 2. The average molecular weight is 576 g/mol. The second-order valence-electron chi connectivity index (χ2n) is 9.18. The fraction of sp³-hybridized carbons (Fsp3) is 0.233. The van der Waals surface area contributed by atoms with Gasteiger partial charge < -0.3 is 24.5 Å². The first-order valence-corrected chi connectivity index (χ1v) is 13.1. The minimum absolute atomic E-state index is 0.0124. The number of amides is 1. The Bertz CT molecular complexity index is 1570. The number of esters is 1. The molecule has 0 atom stereocenters. The van der Waals surface area contributed by atoms with Gasteiger partial charge in [-0.1, -0.05) is 36.4 Å². The van der Waals surface area contributed by atoms with Gasteiger partial charge in [0.1, 0.15) is 17.0 Å². The minimum atomic E-state index is -1.03. The Kier molecular flexibility index (Phi) is 9.85. The Labute approximate surface area is 240 Å². The van der Waals surface area contributed by atoms with Crippen LogP contribution in [0.3, 0.4) is 0 Å². The number of pyridine rings is 2. The number of carboxylic acid groups (broad SMARTS) is 1. The highest BCUT2D eigenvalue weighted by molar-refractivity contribution is 6.09. The monoisotopic (exact) mass is 575 g/mol. The lowest BCUT2D eigenvalue weighted by atomic mass is 10.00. The first kappa shape index (κ1) is 29.7. The molecule has 3 N–H and O–H groups in total. The van der Waals surface area contributed by atoms with Crippen LogP contribution in [0.25, 0.3) is 33.3 Å². The molecule has 0 fully saturated rings. The number of carbonyl (C=O) groups excluding carboxylic acids is 2. The van der Waals surface area contributed by atoms with E-state index in [1.54, 1.807) is 5.48 Å². The van der Waals surface area contributed by atoms with E-state index in [2.05, 4.69) is 4.98 Å². The number of nitrogens with zero attached hydrogens (tertiary/aromatic N) is 2. The molecule has 4 aromatic rings. The van der Waals surface area contributed by atoms with Crippen LogP contribution in [0.5, 0.6) is 11.5 Å². The number of benzene rings is 2. The zero-order valence-corrected chi connectivity index (χ0v) is 22.7. The van der Waals surface area contributed by atoms with Crippen LogP contribution in [0.1, 0.15) is 36.0 Å². The lowest BCUT2D eigenvalue weighted by Crippen LogP contribution is -2.26. The average Bonchev–Trinajstić information content (AvgIpc) is 3.00. The highest BCUT2D eigenvalue weighted by Crippen LogP contribution is 2.36. The number of hydrogen-bond acceptors (Lipinski definition) is 9. The van der Waals surface area contributed by atoms with Crippen molar-refractivity contribution in [1.82, 2.24) is 10.5 Å². The molecule has 0 radical (unpaired) electrons. The molecular formula is C30H29N3O9. The molecule has 0 saturated heterocycles. The number of ether oxygens (including phenoxy) is 3. The summed E-state index contributed by atoms with van der Waals surface area (Å²) in [5.41, 5.74) is 4.89. The van der Waals surface area contributed by atoms with Gasteiger partial charge in [0.25, 0.3) is 5.91 Å². The van der Waals surface area contributed by atoms with E-state index >= 15 is 0 Å². The Morgan fingerprint density at radius 3 is 2.21 bits per heavy atom. The van der Waals surface area contributed by atoms with Gasteiger partial charge in [0.05, 0.1) is 44.1 Å². The van der Waals surface area contributed by atoms with Gasteiger partial charge in [-0.2, -0.15) is 4.73 Å². The number of methoxy groups -OCH3 is 1. The van der Waals surface area contributed by atoms with Gasteiger partial charge in [-0.3, -0.25) is 19.6 Å². The van der Waals surface area contributed by atoms with Crippen molar-refractivity contribution >= 4 is 28.7 Å². The van der Waals surface area contributed by atoms with Crippen LogP contribution in [0.15, 0.2) is 67.0 Å². The summed E-state index contributed by atoms with van der Waals surface area (Å²) >= 11 is 0. The maximum atomic E-state index is 12.5. The molecule has 218 valence electrons. The molecule has 2 heterocycles. The van der Waals surface area contributed by atoms with Crippen LogP contribution < -0.4 is 19.7 Å². The van der Waals surface area contributed by atoms with E-state index in [1.807, 2.05) is 48.5 Å². The highest BCUT2D eigenvalue weighted by atomic mass is 16.5. The third-order valence-corrected chi connectivity index (χ3v) is 6.35. The van der Waals surface area contributed by atoms with Gasteiger partial charge in [0, 0.05) is 11.6 Å². The van der Waals surface area contributed by atoms with Crippen molar-refractivity contribution in [2.45, 2.75) is 25.7 Å². The zero-order valence-electron chi connectivity index (χ0n) is 22.7.